The van der Waals surface area contributed by atoms with Crippen molar-refractivity contribution < 1.29 is 21.6 Å². The second-order valence-electron chi connectivity index (χ2n) is 6.93. The number of hydrogen-bond acceptors (Lipinski definition) is 8. The molecule has 0 amide bonds. The summed E-state index contributed by atoms with van der Waals surface area (Å²) in [4.78, 5) is 11.5. The monoisotopic (exact) mass is 445 g/mol. The van der Waals surface area contributed by atoms with E-state index in [1.165, 1.54) is 25.4 Å². The third kappa shape index (κ3) is 5.34. The SMILES string of the molecule is CNS(=O)(=O)c1ccc(Nc2ncc(C(F)(F)F)c(N[C@H]3CC[C@@H](N)CC3)n2)cn1. The molecule has 2 aromatic heterocycles. The molecule has 0 unspecified atom stereocenters. The highest BCUT2D eigenvalue weighted by Crippen LogP contribution is 2.35. The lowest BCUT2D eigenvalue weighted by atomic mass is 9.92. The molecule has 13 heteroatoms. The Morgan fingerprint density at radius 3 is 2.37 bits per heavy atom. The zero-order chi connectivity index (χ0) is 21.9. The van der Waals surface area contributed by atoms with Crippen LogP contribution in [-0.2, 0) is 16.2 Å². The second kappa shape index (κ2) is 8.70. The van der Waals surface area contributed by atoms with E-state index in [9.17, 15) is 21.6 Å². The van der Waals surface area contributed by atoms with Crippen LogP contribution in [0.25, 0.3) is 0 Å². The van der Waals surface area contributed by atoms with E-state index in [1.54, 1.807) is 0 Å². The molecule has 30 heavy (non-hydrogen) atoms. The number of nitrogens with two attached hydrogens (primary N) is 1. The van der Waals surface area contributed by atoms with E-state index in [1.807, 2.05) is 0 Å². The summed E-state index contributed by atoms with van der Waals surface area (Å²) in [6.45, 7) is 0. The molecule has 5 N–H and O–H groups in total. The smallest absolute Gasteiger partial charge is 0.367 e. The van der Waals surface area contributed by atoms with Crippen molar-refractivity contribution >= 4 is 27.5 Å². The number of rotatable bonds is 6. The topological polar surface area (TPSA) is 135 Å². The molecule has 0 saturated heterocycles. The van der Waals surface area contributed by atoms with Crippen molar-refractivity contribution in [1.82, 2.24) is 19.7 Å². The Bertz CT molecular complexity index is 976. The van der Waals surface area contributed by atoms with Gasteiger partial charge in [-0.25, -0.2) is 23.1 Å². The Kier molecular flexibility index (Phi) is 6.43. The van der Waals surface area contributed by atoms with E-state index in [2.05, 4.69) is 30.3 Å². The fraction of sp³-hybridized carbons (Fsp3) is 0.471. The first-order valence-electron chi connectivity index (χ1n) is 9.21. The summed E-state index contributed by atoms with van der Waals surface area (Å²) < 4.78 is 65.7. The number of anilines is 3. The molecule has 0 bridgehead atoms. The van der Waals surface area contributed by atoms with Gasteiger partial charge >= 0.3 is 6.18 Å². The van der Waals surface area contributed by atoms with Gasteiger partial charge in [-0.3, -0.25) is 0 Å². The van der Waals surface area contributed by atoms with Crippen LogP contribution in [0.3, 0.4) is 0 Å². The van der Waals surface area contributed by atoms with Crippen LogP contribution in [0, 0.1) is 0 Å². The van der Waals surface area contributed by atoms with Gasteiger partial charge in [0, 0.05) is 18.3 Å². The van der Waals surface area contributed by atoms with Crippen LogP contribution >= 0.6 is 0 Å². The molecule has 1 fully saturated rings. The maximum Gasteiger partial charge on any atom is 0.421 e. The van der Waals surface area contributed by atoms with E-state index < -0.39 is 21.8 Å². The molecule has 2 heterocycles. The average molecular weight is 445 g/mol. The summed E-state index contributed by atoms with van der Waals surface area (Å²) in [5.74, 6) is -0.396. The lowest BCUT2D eigenvalue weighted by Gasteiger charge is -2.28. The summed E-state index contributed by atoms with van der Waals surface area (Å²) in [6.07, 6.45) is 0.0651. The maximum atomic E-state index is 13.4. The van der Waals surface area contributed by atoms with Gasteiger partial charge in [0.15, 0.2) is 5.03 Å². The van der Waals surface area contributed by atoms with Crippen LogP contribution < -0.4 is 21.1 Å². The maximum absolute atomic E-state index is 13.4. The highest BCUT2D eigenvalue weighted by molar-refractivity contribution is 7.89. The molecule has 1 aliphatic carbocycles. The van der Waals surface area contributed by atoms with Gasteiger partial charge in [-0.15, -0.1) is 0 Å². The van der Waals surface area contributed by atoms with E-state index in [4.69, 9.17) is 5.73 Å². The molecule has 0 radical (unpaired) electrons. The van der Waals surface area contributed by atoms with Crippen molar-refractivity contribution in [2.45, 2.75) is 49.0 Å². The van der Waals surface area contributed by atoms with Crippen molar-refractivity contribution in [1.29, 1.82) is 0 Å². The predicted octanol–water partition coefficient (Wildman–Crippen LogP) is 2.22. The summed E-state index contributed by atoms with van der Waals surface area (Å²) >= 11 is 0. The number of halogens is 3. The Labute approximate surface area is 171 Å². The minimum Gasteiger partial charge on any atom is -0.367 e. The van der Waals surface area contributed by atoms with E-state index in [-0.39, 0.29) is 28.9 Å². The van der Waals surface area contributed by atoms with Crippen LogP contribution in [0.4, 0.5) is 30.6 Å². The van der Waals surface area contributed by atoms with Gasteiger partial charge in [0.05, 0.1) is 11.9 Å². The average Bonchev–Trinajstić information content (AvgIpc) is 2.69. The molecule has 0 aromatic carbocycles. The first-order valence-corrected chi connectivity index (χ1v) is 10.7. The van der Waals surface area contributed by atoms with Gasteiger partial charge in [-0.1, -0.05) is 0 Å². The van der Waals surface area contributed by atoms with Gasteiger partial charge in [0.25, 0.3) is 10.0 Å². The third-order valence-electron chi connectivity index (χ3n) is 4.74. The summed E-state index contributed by atoms with van der Waals surface area (Å²) in [6, 6.07) is 2.56. The fourth-order valence-corrected chi connectivity index (χ4v) is 3.71. The van der Waals surface area contributed by atoms with E-state index >= 15 is 0 Å². The van der Waals surface area contributed by atoms with Crippen molar-refractivity contribution in [3.05, 3.63) is 30.1 Å². The largest absolute Gasteiger partial charge is 0.421 e. The van der Waals surface area contributed by atoms with Crippen LogP contribution in [0.1, 0.15) is 31.2 Å². The second-order valence-corrected chi connectivity index (χ2v) is 8.76. The van der Waals surface area contributed by atoms with Crippen LogP contribution in [0.2, 0.25) is 0 Å². The van der Waals surface area contributed by atoms with Crippen LogP contribution in [0.15, 0.2) is 29.6 Å². The molecule has 1 saturated carbocycles. The van der Waals surface area contributed by atoms with Gasteiger partial charge in [0.1, 0.15) is 11.4 Å². The normalized spacial score (nSPS) is 20.0. The molecule has 1 aliphatic rings. The van der Waals surface area contributed by atoms with Gasteiger partial charge < -0.3 is 16.4 Å². The first kappa shape index (κ1) is 22.2. The summed E-state index contributed by atoms with van der Waals surface area (Å²) in [5.41, 5.74) is 5.21. The van der Waals surface area contributed by atoms with Crippen molar-refractivity contribution in [3.8, 4) is 0 Å². The number of nitrogens with zero attached hydrogens (tertiary/aromatic N) is 3. The van der Waals surface area contributed by atoms with Crippen molar-refractivity contribution in [3.63, 3.8) is 0 Å². The molecular formula is C17H22F3N7O2S. The van der Waals surface area contributed by atoms with Gasteiger partial charge in [-0.05, 0) is 44.9 Å². The number of hydrogen-bond donors (Lipinski definition) is 4. The third-order valence-corrected chi connectivity index (χ3v) is 6.07. The number of pyridine rings is 1. The van der Waals surface area contributed by atoms with Crippen molar-refractivity contribution in [2.24, 2.45) is 5.73 Å². The molecule has 9 nitrogen and oxygen atoms in total. The molecule has 3 rings (SSSR count). The van der Waals surface area contributed by atoms with E-state index in [0.29, 0.717) is 24.7 Å². The lowest BCUT2D eigenvalue weighted by Crippen LogP contribution is -2.33. The fourth-order valence-electron chi connectivity index (χ4n) is 3.06. The highest BCUT2D eigenvalue weighted by atomic mass is 32.2. The Balaban J connectivity index is 1.82. The number of sulfonamides is 1. The number of alkyl halides is 3. The minimum absolute atomic E-state index is 0.0648. The van der Waals surface area contributed by atoms with Crippen molar-refractivity contribution in [2.75, 3.05) is 17.7 Å². The molecular weight excluding hydrogens is 423 g/mol. The van der Waals surface area contributed by atoms with Gasteiger partial charge in [-0.2, -0.15) is 18.2 Å². The molecule has 0 aliphatic heterocycles. The zero-order valence-corrected chi connectivity index (χ0v) is 16.9. The highest BCUT2D eigenvalue weighted by Gasteiger charge is 2.36. The number of nitrogens with one attached hydrogen (secondary N) is 3. The summed E-state index contributed by atoms with van der Waals surface area (Å²) in [7, 11) is -2.44. The number of aromatic nitrogens is 3. The zero-order valence-electron chi connectivity index (χ0n) is 16.1. The quantitative estimate of drug-likeness (QED) is 0.532. The summed E-state index contributed by atoms with van der Waals surface area (Å²) in [5, 5.41) is 5.41. The van der Waals surface area contributed by atoms with E-state index in [0.717, 1.165) is 12.8 Å². The van der Waals surface area contributed by atoms with Gasteiger partial charge in [0.2, 0.25) is 5.95 Å². The lowest BCUT2D eigenvalue weighted by molar-refractivity contribution is -0.137. The molecule has 0 atom stereocenters. The van der Waals surface area contributed by atoms with Crippen LogP contribution in [0.5, 0.6) is 0 Å². The van der Waals surface area contributed by atoms with Crippen LogP contribution in [-0.4, -0.2) is 42.5 Å². The standard InChI is InChI=1S/C17H22F3N7O2S/c1-22-30(28,29)14-7-6-12(8-23-14)26-16-24-9-13(17(18,19)20)15(27-16)25-11-4-2-10(21)3-5-11/h6-11,22H,2-5,21H2,1H3,(H2,24,25,26,27)/t10-,11+. The Hall–Kier alpha value is -2.51. The predicted molar refractivity (Wildman–Crippen MR) is 105 cm³/mol. The molecule has 2 aromatic rings. The first-order chi connectivity index (χ1) is 14.1. The minimum atomic E-state index is -4.61. The Morgan fingerprint density at radius 2 is 1.80 bits per heavy atom. The Morgan fingerprint density at radius 1 is 1.10 bits per heavy atom. The molecule has 164 valence electrons. The molecule has 0 spiro atoms.